The number of amides is 1. The maximum atomic E-state index is 12.9. The molecule has 4 rings (SSSR count). The molecule has 1 aliphatic heterocycles. The minimum atomic E-state index is -0.718. The summed E-state index contributed by atoms with van der Waals surface area (Å²) in [4.78, 5) is 40.0. The van der Waals surface area contributed by atoms with Crippen LogP contribution in [0.3, 0.4) is 0 Å². The van der Waals surface area contributed by atoms with Crippen molar-refractivity contribution < 1.29 is 23.5 Å². The topological polar surface area (TPSA) is 86.1 Å². The van der Waals surface area contributed by atoms with E-state index in [9.17, 15) is 14.4 Å². The van der Waals surface area contributed by atoms with Gasteiger partial charge in [0.25, 0.3) is 5.91 Å². The number of carbonyl (C=O) groups excluding carboxylic acids is 2. The van der Waals surface area contributed by atoms with E-state index in [1.807, 2.05) is 44.2 Å². The predicted molar refractivity (Wildman–Crippen MR) is 120 cm³/mol. The quantitative estimate of drug-likeness (QED) is 0.583. The van der Waals surface area contributed by atoms with E-state index < -0.39 is 12.6 Å². The molecule has 7 heteroatoms. The van der Waals surface area contributed by atoms with E-state index in [-0.39, 0.29) is 34.7 Å². The lowest BCUT2D eigenvalue weighted by Gasteiger charge is -2.35. The third-order valence-corrected chi connectivity index (χ3v) is 5.50. The Morgan fingerprint density at radius 3 is 2.41 bits per heavy atom. The largest absolute Gasteiger partial charge is 0.455 e. The molecule has 0 N–H and O–H groups in total. The zero-order valence-electron chi connectivity index (χ0n) is 18.3. The molecular weight excluding hydrogens is 410 g/mol. The Labute approximate surface area is 185 Å². The van der Waals surface area contributed by atoms with Gasteiger partial charge in [0.2, 0.25) is 0 Å². The number of para-hydroxylation sites is 1. The molecule has 1 saturated heterocycles. The first-order chi connectivity index (χ1) is 15.3. The summed E-state index contributed by atoms with van der Waals surface area (Å²) in [5.74, 6) is -0.608. The monoisotopic (exact) mass is 435 g/mol. The van der Waals surface area contributed by atoms with Gasteiger partial charge in [-0.2, -0.15) is 0 Å². The number of rotatable bonds is 4. The molecule has 3 aromatic rings. The second-order valence-corrected chi connectivity index (χ2v) is 8.07. The Morgan fingerprint density at radius 1 is 1.03 bits per heavy atom. The van der Waals surface area contributed by atoms with Gasteiger partial charge >= 0.3 is 5.97 Å². The molecule has 1 fully saturated rings. The Balaban J connectivity index is 1.61. The van der Waals surface area contributed by atoms with Gasteiger partial charge in [-0.05, 0) is 32.9 Å². The van der Waals surface area contributed by atoms with Crippen LogP contribution in [0.15, 0.2) is 57.7 Å². The van der Waals surface area contributed by atoms with Crippen molar-refractivity contribution in [2.75, 3.05) is 19.7 Å². The van der Waals surface area contributed by atoms with Crippen molar-refractivity contribution in [2.45, 2.75) is 33.0 Å². The van der Waals surface area contributed by atoms with Gasteiger partial charge in [-0.25, -0.2) is 4.79 Å². The third kappa shape index (κ3) is 4.29. The van der Waals surface area contributed by atoms with Crippen molar-refractivity contribution in [1.82, 2.24) is 4.90 Å². The molecule has 2 aromatic carbocycles. The third-order valence-electron chi connectivity index (χ3n) is 5.50. The summed E-state index contributed by atoms with van der Waals surface area (Å²) in [7, 11) is 0. The van der Waals surface area contributed by atoms with Crippen molar-refractivity contribution in [1.29, 1.82) is 0 Å². The van der Waals surface area contributed by atoms with Crippen LogP contribution in [0.1, 0.15) is 29.8 Å². The van der Waals surface area contributed by atoms with Gasteiger partial charge in [0, 0.05) is 24.2 Å². The molecule has 0 unspecified atom stereocenters. The van der Waals surface area contributed by atoms with E-state index >= 15 is 0 Å². The smallest absolute Gasteiger partial charge is 0.342 e. The van der Waals surface area contributed by atoms with E-state index in [1.165, 1.54) is 6.07 Å². The summed E-state index contributed by atoms with van der Waals surface area (Å²) in [5.41, 5.74) is 1.23. The predicted octanol–water partition coefficient (Wildman–Crippen LogP) is 3.56. The van der Waals surface area contributed by atoms with Crippen molar-refractivity contribution in [3.63, 3.8) is 0 Å². The fourth-order valence-corrected chi connectivity index (χ4v) is 4.01. The number of fused-ring (bicyclic) bond motifs is 1. The molecular formula is C25H25NO6. The summed E-state index contributed by atoms with van der Waals surface area (Å²) < 4.78 is 17.0. The number of morpholine rings is 1. The van der Waals surface area contributed by atoms with Crippen molar-refractivity contribution in [2.24, 2.45) is 0 Å². The highest BCUT2D eigenvalue weighted by Crippen LogP contribution is 2.27. The number of benzene rings is 2. The van der Waals surface area contributed by atoms with Crippen LogP contribution in [-0.2, 0) is 14.3 Å². The highest BCUT2D eigenvalue weighted by atomic mass is 16.5. The SMILES string of the molecule is Cc1c(-c2ccccc2)oc2c(C(=O)OCC(=O)N3C[C@@H](C)O[C@H](C)C3)cccc2c1=O. The number of hydrogen-bond acceptors (Lipinski definition) is 6. The van der Waals surface area contributed by atoms with E-state index in [2.05, 4.69) is 0 Å². The maximum absolute atomic E-state index is 12.9. The Bertz CT molecular complexity index is 1210. The average Bonchev–Trinajstić information content (AvgIpc) is 2.79. The Morgan fingerprint density at radius 2 is 1.72 bits per heavy atom. The number of hydrogen-bond donors (Lipinski definition) is 0. The molecule has 2 heterocycles. The number of carbonyl (C=O) groups is 2. The molecule has 0 radical (unpaired) electrons. The Kier molecular flexibility index (Phi) is 6.10. The second-order valence-electron chi connectivity index (χ2n) is 8.07. The lowest BCUT2D eigenvalue weighted by Crippen LogP contribution is -2.49. The molecule has 0 saturated carbocycles. The molecule has 1 aromatic heterocycles. The van der Waals surface area contributed by atoms with Crippen LogP contribution in [0.2, 0.25) is 0 Å². The minimum absolute atomic E-state index is 0.0783. The van der Waals surface area contributed by atoms with Gasteiger partial charge in [-0.1, -0.05) is 36.4 Å². The van der Waals surface area contributed by atoms with Crippen LogP contribution in [0.25, 0.3) is 22.3 Å². The normalized spacial score (nSPS) is 18.5. The molecule has 0 aliphatic carbocycles. The van der Waals surface area contributed by atoms with Crippen LogP contribution in [0.4, 0.5) is 0 Å². The molecule has 2 atom stereocenters. The summed E-state index contributed by atoms with van der Waals surface area (Å²) in [5, 5.41) is 0.291. The van der Waals surface area contributed by atoms with Gasteiger partial charge in [0.15, 0.2) is 17.6 Å². The Hall–Kier alpha value is -3.45. The summed E-state index contributed by atoms with van der Waals surface area (Å²) in [6.07, 6.45) is -0.157. The van der Waals surface area contributed by atoms with Crippen LogP contribution >= 0.6 is 0 Å². The molecule has 32 heavy (non-hydrogen) atoms. The minimum Gasteiger partial charge on any atom is -0.455 e. The first-order valence-corrected chi connectivity index (χ1v) is 10.6. The van der Waals surface area contributed by atoms with Crippen molar-refractivity contribution in [3.05, 3.63) is 69.9 Å². The number of esters is 1. The summed E-state index contributed by atoms with van der Waals surface area (Å²) in [6.45, 7) is 5.99. The fourth-order valence-electron chi connectivity index (χ4n) is 4.01. The zero-order valence-corrected chi connectivity index (χ0v) is 18.3. The van der Waals surface area contributed by atoms with E-state index in [0.717, 1.165) is 5.56 Å². The van der Waals surface area contributed by atoms with Crippen LogP contribution < -0.4 is 5.43 Å². The first-order valence-electron chi connectivity index (χ1n) is 10.6. The van der Waals surface area contributed by atoms with Crippen molar-refractivity contribution >= 4 is 22.8 Å². The molecule has 166 valence electrons. The molecule has 1 aliphatic rings. The van der Waals surface area contributed by atoms with Gasteiger partial charge < -0.3 is 18.8 Å². The maximum Gasteiger partial charge on any atom is 0.342 e. The molecule has 0 spiro atoms. The molecule has 1 amide bonds. The van der Waals surface area contributed by atoms with E-state index in [0.29, 0.717) is 29.8 Å². The lowest BCUT2D eigenvalue weighted by atomic mass is 10.0. The molecule has 7 nitrogen and oxygen atoms in total. The van der Waals surface area contributed by atoms with E-state index in [1.54, 1.807) is 24.0 Å². The van der Waals surface area contributed by atoms with Gasteiger partial charge in [0.1, 0.15) is 11.3 Å². The van der Waals surface area contributed by atoms with E-state index in [4.69, 9.17) is 13.9 Å². The van der Waals surface area contributed by atoms with Gasteiger partial charge in [-0.15, -0.1) is 0 Å². The average molecular weight is 435 g/mol. The summed E-state index contributed by atoms with van der Waals surface area (Å²) in [6, 6.07) is 14.0. The number of nitrogens with zero attached hydrogens (tertiary/aromatic N) is 1. The number of ether oxygens (including phenoxy) is 2. The van der Waals surface area contributed by atoms with Crippen LogP contribution in [-0.4, -0.2) is 48.7 Å². The second kappa shape index (κ2) is 8.96. The first kappa shape index (κ1) is 21.8. The fraction of sp³-hybridized carbons (Fsp3) is 0.320. The van der Waals surface area contributed by atoms with Crippen LogP contribution in [0, 0.1) is 6.92 Å². The standard InChI is InChI=1S/C25H25NO6/c1-15-12-26(13-16(2)31-15)21(27)14-30-25(29)20-11-7-10-19-22(28)17(3)23(32-24(19)20)18-8-5-4-6-9-18/h4-11,15-16H,12-14H2,1-3H3/t15-,16-/m1/s1. The van der Waals surface area contributed by atoms with Crippen molar-refractivity contribution in [3.8, 4) is 11.3 Å². The van der Waals surface area contributed by atoms with Gasteiger partial charge in [0.05, 0.1) is 17.6 Å². The van der Waals surface area contributed by atoms with Crippen LogP contribution in [0.5, 0.6) is 0 Å². The van der Waals surface area contributed by atoms with Gasteiger partial charge in [-0.3, -0.25) is 9.59 Å². The highest BCUT2D eigenvalue weighted by molar-refractivity contribution is 6.02. The highest BCUT2D eigenvalue weighted by Gasteiger charge is 2.27. The zero-order chi connectivity index (χ0) is 22.8. The lowest BCUT2D eigenvalue weighted by molar-refractivity contribution is -0.146. The summed E-state index contributed by atoms with van der Waals surface area (Å²) >= 11 is 0. The molecule has 0 bridgehead atoms.